The van der Waals surface area contributed by atoms with Crippen LogP contribution in [0.2, 0.25) is 0 Å². The highest BCUT2D eigenvalue weighted by Crippen LogP contribution is 2.06. The molecule has 0 fully saturated rings. The quantitative estimate of drug-likeness (QED) is 0.503. The van der Waals surface area contributed by atoms with Gasteiger partial charge in [-0.25, -0.2) is 0 Å². The van der Waals surface area contributed by atoms with Gasteiger partial charge < -0.3 is 16.8 Å². The Morgan fingerprint density at radius 1 is 1.23 bits per heavy atom. The zero-order valence-electron chi connectivity index (χ0n) is 8.09. The van der Waals surface area contributed by atoms with Crippen LogP contribution < -0.4 is 16.8 Å². The van der Waals surface area contributed by atoms with Crippen molar-refractivity contribution in [1.29, 1.82) is 0 Å². The lowest BCUT2D eigenvalue weighted by atomic mass is 10.0. The first-order chi connectivity index (χ1) is 5.83. The van der Waals surface area contributed by atoms with Gasteiger partial charge in [0.25, 0.3) is 0 Å². The summed E-state index contributed by atoms with van der Waals surface area (Å²) in [5, 5.41) is 3.02. The molecule has 5 heteroatoms. The van der Waals surface area contributed by atoms with Gasteiger partial charge in [0.15, 0.2) is 0 Å². The van der Waals surface area contributed by atoms with Crippen LogP contribution >= 0.6 is 0 Å². The third kappa shape index (κ3) is 7.27. The first kappa shape index (κ1) is 11.9. The van der Waals surface area contributed by atoms with Gasteiger partial charge in [0, 0.05) is 24.9 Å². The number of carbonyl (C=O) groups is 2. The van der Waals surface area contributed by atoms with Crippen molar-refractivity contribution in [3.05, 3.63) is 0 Å². The molecule has 0 aliphatic rings. The van der Waals surface area contributed by atoms with E-state index in [1.807, 2.05) is 13.8 Å². The molecule has 0 atom stereocenters. The second-order valence-electron chi connectivity index (χ2n) is 3.67. The standard InChI is InChI=1S/C8H17N3O2/c1-8(2,5-7(10)13)11-4-3-6(9)12/h11H,3-5H2,1-2H3,(H2,9,12)(H2,10,13). The van der Waals surface area contributed by atoms with Crippen molar-refractivity contribution < 1.29 is 9.59 Å². The number of primary amides is 2. The Bertz CT molecular complexity index is 202. The van der Waals surface area contributed by atoms with Crippen LogP contribution in [0.1, 0.15) is 26.7 Å². The predicted molar refractivity (Wildman–Crippen MR) is 49.7 cm³/mol. The number of amides is 2. The molecule has 0 aromatic carbocycles. The van der Waals surface area contributed by atoms with Crippen LogP contribution in [-0.4, -0.2) is 23.9 Å². The molecule has 0 unspecified atom stereocenters. The number of rotatable bonds is 6. The Balaban J connectivity index is 3.75. The number of carbonyl (C=O) groups excluding carboxylic acids is 2. The lowest BCUT2D eigenvalue weighted by Crippen LogP contribution is -2.43. The van der Waals surface area contributed by atoms with Crippen LogP contribution in [0.3, 0.4) is 0 Å². The van der Waals surface area contributed by atoms with E-state index >= 15 is 0 Å². The van der Waals surface area contributed by atoms with Gasteiger partial charge in [-0.15, -0.1) is 0 Å². The smallest absolute Gasteiger partial charge is 0.219 e. The van der Waals surface area contributed by atoms with Crippen LogP contribution in [-0.2, 0) is 9.59 Å². The van der Waals surface area contributed by atoms with Crippen LogP contribution in [0.25, 0.3) is 0 Å². The molecule has 13 heavy (non-hydrogen) atoms. The minimum Gasteiger partial charge on any atom is -0.370 e. The van der Waals surface area contributed by atoms with E-state index in [9.17, 15) is 9.59 Å². The van der Waals surface area contributed by atoms with Crippen molar-refractivity contribution in [2.45, 2.75) is 32.2 Å². The number of hydrogen-bond acceptors (Lipinski definition) is 3. The number of nitrogens with two attached hydrogens (primary N) is 2. The van der Waals surface area contributed by atoms with E-state index in [1.165, 1.54) is 0 Å². The second kappa shape index (κ2) is 4.81. The molecule has 0 aromatic rings. The number of hydrogen-bond donors (Lipinski definition) is 3. The zero-order chi connectivity index (χ0) is 10.5. The SMILES string of the molecule is CC(C)(CC(N)=O)NCCC(N)=O. The van der Waals surface area contributed by atoms with E-state index in [0.29, 0.717) is 6.54 Å². The Morgan fingerprint density at radius 2 is 1.77 bits per heavy atom. The van der Waals surface area contributed by atoms with Crippen LogP contribution in [0.4, 0.5) is 0 Å². The molecule has 0 spiro atoms. The van der Waals surface area contributed by atoms with E-state index in [4.69, 9.17) is 11.5 Å². The van der Waals surface area contributed by atoms with Gasteiger partial charge in [0.2, 0.25) is 11.8 Å². The monoisotopic (exact) mass is 187 g/mol. The van der Waals surface area contributed by atoms with Crippen molar-refractivity contribution in [1.82, 2.24) is 5.32 Å². The average molecular weight is 187 g/mol. The van der Waals surface area contributed by atoms with E-state index < -0.39 is 0 Å². The highest BCUT2D eigenvalue weighted by atomic mass is 16.1. The summed E-state index contributed by atoms with van der Waals surface area (Å²) in [5.41, 5.74) is 9.62. The molecule has 5 nitrogen and oxygen atoms in total. The van der Waals surface area contributed by atoms with Gasteiger partial charge in [0.05, 0.1) is 0 Å². The number of nitrogens with one attached hydrogen (secondary N) is 1. The predicted octanol–water partition coefficient (Wildman–Crippen LogP) is -0.895. The maximum absolute atomic E-state index is 10.6. The molecular weight excluding hydrogens is 170 g/mol. The lowest BCUT2D eigenvalue weighted by Gasteiger charge is -2.24. The summed E-state index contributed by atoms with van der Waals surface area (Å²) >= 11 is 0. The Kier molecular flexibility index (Phi) is 4.40. The summed E-state index contributed by atoms with van der Waals surface area (Å²) in [6, 6.07) is 0. The zero-order valence-corrected chi connectivity index (χ0v) is 8.09. The molecule has 0 aliphatic heterocycles. The second-order valence-corrected chi connectivity index (χ2v) is 3.67. The largest absolute Gasteiger partial charge is 0.370 e. The normalized spacial score (nSPS) is 11.2. The Hall–Kier alpha value is -1.10. The van der Waals surface area contributed by atoms with Crippen molar-refractivity contribution in [3.63, 3.8) is 0 Å². The highest BCUT2D eigenvalue weighted by molar-refractivity contribution is 5.75. The van der Waals surface area contributed by atoms with Gasteiger partial charge in [-0.2, -0.15) is 0 Å². The summed E-state index contributed by atoms with van der Waals surface area (Å²) in [6.07, 6.45) is 0.508. The molecular formula is C8H17N3O2. The van der Waals surface area contributed by atoms with Crippen molar-refractivity contribution >= 4 is 11.8 Å². The molecule has 0 heterocycles. The molecule has 2 amide bonds. The maximum atomic E-state index is 10.6. The van der Waals surface area contributed by atoms with E-state index in [2.05, 4.69) is 5.32 Å². The first-order valence-electron chi connectivity index (χ1n) is 4.15. The van der Waals surface area contributed by atoms with Crippen LogP contribution in [0, 0.1) is 0 Å². The molecule has 0 saturated heterocycles. The average Bonchev–Trinajstić information content (AvgIpc) is 1.81. The maximum Gasteiger partial charge on any atom is 0.219 e. The van der Waals surface area contributed by atoms with E-state index in [1.54, 1.807) is 0 Å². The Morgan fingerprint density at radius 3 is 2.15 bits per heavy atom. The van der Waals surface area contributed by atoms with Gasteiger partial charge >= 0.3 is 0 Å². The fourth-order valence-corrected chi connectivity index (χ4v) is 1.02. The summed E-state index contributed by atoms with van der Waals surface area (Å²) in [4.78, 5) is 21.0. The fraction of sp³-hybridized carbons (Fsp3) is 0.750. The topological polar surface area (TPSA) is 98.2 Å². The molecule has 76 valence electrons. The minimum atomic E-state index is -0.374. The summed E-state index contributed by atoms with van der Waals surface area (Å²) in [7, 11) is 0. The third-order valence-corrected chi connectivity index (χ3v) is 1.59. The van der Waals surface area contributed by atoms with E-state index in [0.717, 1.165) is 0 Å². The van der Waals surface area contributed by atoms with Crippen molar-refractivity contribution in [3.8, 4) is 0 Å². The lowest BCUT2D eigenvalue weighted by molar-refractivity contribution is -0.119. The molecule has 0 bridgehead atoms. The molecule has 0 aromatic heterocycles. The summed E-state index contributed by atoms with van der Waals surface area (Å²) in [5.74, 6) is -0.723. The van der Waals surface area contributed by atoms with E-state index in [-0.39, 0.29) is 30.2 Å². The van der Waals surface area contributed by atoms with Crippen molar-refractivity contribution in [2.75, 3.05) is 6.54 Å². The van der Waals surface area contributed by atoms with Gasteiger partial charge in [-0.3, -0.25) is 9.59 Å². The summed E-state index contributed by atoms with van der Waals surface area (Å²) < 4.78 is 0. The van der Waals surface area contributed by atoms with Crippen LogP contribution in [0.15, 0.2) is 0 Å². The minimum absolute atomic E-state index is 0.242. The molecule has 0 aliphatic carbocycles. The fourth-order valence-electron chi connectivity index (χ4n) is 1.02. The van der Waals surface area contributed by atoms with Crippen LogP contribution in [0.5, 0.6) is 0 Å². The Labute approximate surface area is 77.8 Å². The first-order valence-corrected chi connectivity index (χ1v) is 4.15. The molecule has 0 saturated carbocycles. The highest BCUT2D eigenvalue weighted by Gasteiger charge is 2.19. The summed E-state index contributed by atoms with van der Waals surface area (Å²) in [6.45, 7) is 4.16. The molecule has 0 radical (unpaired) electrons. The third-order valence-electron chi connectivity index (χ3n) is 1.59. The van der Waals surface area contributed by atoms with Gasteiger partial charge in [-0.1, -0.05) is 0 Å². The van der Waals surface area contributed by atoms with Gasteiger partial charge in [-0.05, 0) is 13.8 Å². The van der Waals surface area contributed by atoms with Gasteiger partial charge in [0.1, 0.15) is 0 Å². The van der Waals surface area contributed by atoms with Crippen molar-refractivity contribution in [2.24, 2.45) is 11.5 Å². The molecule has 0 rings (SSSR count). The molecule has 5 N–H and O–H groups in total.